The van der Waals surface area contributed by atoms with Crippen LogP contribution in [0.5, 0.6) is 0 Å². The first-order valence-corrected chi connectivity index (χ1v) is 4.72. The standard InChI is InChI=1S/C11H12FNO3/c1-7(14)13-9-4-2-3-8(5-9)6-10(12)11(15)16/h2-5,10H,6H2,1H3,(H,13,14)(H,15,16). The molecule has 1 unspecified atom stereocenters. The molecule has 5 heteroatoms. The van der Waals surface area contributed by atoms with Crippen molar-refractivity contribution in [2.45, 2.75) is 19.5 Å². The Morgan fingerprint density at radius 2 is 2.19 bits per heavy atom. The molecule has 1 atom stereocenters. The lowest BCUT2D eigenvalue weighted by atomic mass is 10.1. The second-order valence-corrected chi connectivity index (χ2v) is 3.39. The predicted molar refractivity (Wildman–Crippen MR) is 57.0 cm³/mol. The molecule has 0 fully saturated rings. The van der Waals surface area contributed by atoms with E-state index in [0.29, 0.717) is 11.3 Å². The zero-order valence-corrected chi connectivity index (χ0v) is 8.74. The summed E-state index contributed by atoms with van der Waals surface area (Å²) >= 11 is 0. The summed E-state index contributed by atoms with van der Waals surface area (Å²) in [6, 6.07) is 6.45. The van der Waals surface area contributed by atoms with Gasteiger partial charge >= 0.3 is 5.97 Å². The van der Waals surface area contributed by atoms with Crippen LogP contribution in [0.25, 0.3) is 0 Å². The van der Waals surface area contributed by atoms with Gasteiger partial charge in [-0.25, -0.2) is 9.18 Å². The van der Waals surface area contributed by atoms with Gasteiger partial charge < -0.3 is 10.4 Å². The van der Waals surface area contributed by atoms with Gasteiger partial charge in [-0.15, -0.1) is 0 Å². The van der Waals surface area contributed by atoms with Gasteiger partial charge in [0.1, 0.15) is 0 Å². The van der Waals surface area contributed by atoms with Crippen LogP contribution in [0.15, 0.2) is 24.3 Å². The molecule has 0 aromatic heterocycles. The second kappa shape index (κ2) is 5.25. The minimum Gasteiger partial charge on any atom is -0.479 e. The first kappa shape index (κ1) is 12.2. The van der Waals surface area contributed by atoms with Gasteiger partial charge in [0.15, 0.2) is 0 Å². The summed E-state index contributed by atoms with van der Waals surface area (Å²) < 4.78 is 12.9. The number of rotatable bonds is 4. The molecule has 0 radical (unpaired) electrons. The first-order valence-electron chi connectivity index (χ1n) is 4.72. The van der Waals surface area contributed by atoms with E-state index in [1.54, 1.807) is 24.3 Å². The summed E-state index contributed by atoms with van der Waals surface area (Å²) in [6.45, 7) is 1.36. The van der Waals surface area contributed by atoms with E-state index < -0.39 is 12.1 Å². The van der Waals surface area contributed by atoms with Gasteiger partial charge in [0, 0.05) is 19.0 Å². The number of hydrogen-bond donors (Lipinski definition) is 2. The maximum Gasteiger partial charge on any atom is 0.338 e. The number of alkyl halides is 1. The van der Waals surface area contributed by atoms with Crippen molar-refractivity contribution in [3.8, 4) is 0 Å². The summed E-state index contributed by atoms with van der Waals surface area (Å²) in [4.78, 5) is 21.1. The highest BCUT2D eigenvalue weighted by Crippen LogP contribution is 2.13. The third-order valence-corrected chi connectivity index (χ3v) is 1.93. The number of benzene rings is 1. The third kappa shape index (κ3) is 3.68. The Labute approximate surface area is 92.1 Å². The van der Waals surface area contributed by atoms with E-state index in [0.717, 1.165) is 0 Å². The van der Waals surface area contributed by atoms with Gasteiger partial charge in [-0.1, -0.05) is 12.1 Å². The average Bonchev–Trinajstić information content (AvgIpc) is 2.16. The number of amides is 1. The number of carbonyl (C=O) groups excluding carboxylic acids is 1. The lowest BCUT2D eigenvalue weighted by molar-refractivity contribution is -0.142. The maximum atomic E-state index is 12.9. The molecule has 1 amide bonds. The van der Waals surface area contributed by atoms with Crippen molar-refractivity contribution >= 4 is 17.6 Å². The quantitative estimate of drug-likeness (QED) is 0.818. The minimum atomic E-state index is -1.92. The number of carboxylic acids is 1. The molecule has 0 aliphatic rings. The molecule has 0 saturated carbocycles. The number of hydrogen-bond acceptors (Lipinski definition) is 2. The first-order chi connectivity index (χ1) is 7.49. The number of anilines is 1. The van der Waals surface area contributed by atoms with Crippen molar-refractivity contribution in [3.05, 3.63) is 29.8 Å². The van der Waals surface area contributed by atoms with E-state index in [4.69, 9.17) is 5.11 Å². The van der Waals surface area contributed by atoms with Gasteiger partial charge in [0.05, 0.1) is 0 Å². The average molecular weight is 225 g/mol. The molecule has 1 aromatic rings. The van der Waals surface area contributed by atoms with Gasteiger partial charge in [-0.2, -0.15) is 0 Å². The Morgan fingerprint density at radius 3 is 2.75 bits per heavy atom. The van der Waals surface area contributed by atoms with Crippen LogP contribution in [0.4, 0.5) is 10.1 Å². The smallest absolute Gasteiger partial charge is 0.338 e. The van der Waals surface area contributed by atoms with Gasteiger partial charge in [-0.3, -0.25) is 4.79 Å². The van der Waals surface area contributed by atoms with Crippen molar-refractivity contribution in [2.24, 2.45) is 0 Å². The van der Waals surface area contributed by atoms with Crippen molar-refractivity contribution < 1.29 is 19.1 Å². The topological polar surface area (TPSA) is 66.4 Å². The normalized spacial score (nSPS) is 11.9. The number of carbonyl (C=O) groups is 2. The number of nitrogens with one attached hydrogen (secondary N) is 1. The van der Waals surface area contributed by atoms with Gasteiger partial charge in [0.2, 0.25) is 12.1 Å². The van der Waals surface area contributed by atoms with Gasteiger partial charge in [0.25, 0.3) is 0 Å². The Bertz CT molecular complexity index is 406. The molecule has 0 heterocycles. The van der Waals surface area contributed by atoms with E-state index in [-0.39, 0.29) is 12.3 Å². The van der Waals surface area contributed by atoms with Crippen molar-refractivity contribution in [1.29, 1.82) is 0 Å². The van der Waals surface area contributed by atoms with Crippen LogP contribution in [0.1, 0.15) is 12.5 Å². The summed E-state index contributed by atoms with van der Waals surface area (Å²) in [7, 11) is 0. The SMILES string of the molecule is CC(=O)Nc1cccc(CC(F)C(=O)O)c1. The van der Waals surface area contributed by atoms with Crippen LogP contribution in [0, 0.1) is 0 Å². The van der Waals surface area contributed by atoms with Crippen LogP contribution >= 0.6 is 0 Å². The highest BCUT2D eigenvalue weighted by molar-refractivity contribution is 5.88. The molecule has 2 N–H and O–H groups in total. The summed E-state index contributed by atoms with van der Waals surface area (Å²) in [5.74, 6) is -1.71. The second-order valence-electron chi connectivity index (χ2n) is 3.39. The van der Waals surface area contributed by atoms with Gasteiger partial charge in [-0.05, 0) is 17.7 Å². The van der Waals surface area contributed by atoms with Crippen LogP contribution in [0.3, 0.4) is 0 Å². The Kier molecular flexibility index (Phi) is 3.99. The van der Waals surface area contributed by atoms with Crippen molar-refractivity contribution in [2.75, 3.05) is 5.32 Å². The lowest BCUT2D eigenvalue weighted by Gasteiger charge is -2.06. The fourth-order valence-electron chi connectivity index (χ4n) is 1.27. The molecule has 1 rings (SSSR count). The summed E-state index contributed by atoms with van der Waals surface area (Å²) in [5, 5.41) is 11.0. The zero-order valence-electron chi connectivity index (χ0n) is 8.74. The lowest BCUT2D eigenvalue weighted by Crippen LogP contribution is -2.17. The van der Waals surface area contributed by atoms with Crippen molar-refractivity contribution in [3.63, 3.8) is 0 Å². The van der Waals surface area contributed by atoms with E-state index in [1.807, 2.05) is 0 Å². The summed E-state index contributed by atoms with van der Waals surface area (Å²) in [6.07, 6.45) is -2.13. The van der Waals surface area contributed by atoms with E-state index in [1.165, 1.54) is 6.92 Å². The molecule has 0 bridgehead atoms. The molecule has 1 aromatic carbocycles. The van der Waals surface area contributed by atoms with E-state index in [2.05, 4.69) is 5.32 Å². The van der Waals surface area contributed by atoms with Crippen LogP contribution < -0.4 is 5.32 Å². The number of aliphatic carboxylic acids is 1. The molecule has 0 spiro atoms. The number of halogens is 1. The maximum absolute atomic E-state index is 12.9. The fourth-order valence-corrected chi connectivity index (χ4v) is 1.27. The Balaban J connectivity index is 2.74. The number of carboxylic acid groups (broad SMARTS) is 1. The highest BCUT2D eigenvalue weighted by Gasteiger charge is 2.16. The van der Waals surface area contributed by atoms with E-state index >= 15 is 0 Å². The molecule has 16 heavy (non-hydrogen) atoms. The molecule has 86 valence electrons. The predicted octanol–water partition coefficient (Wildman–Crippen LogP) is 1.61. The van der Waals surface area contributed by atoms with Crippen LogP contribution in [-0.4, -0.2) is 23.2 Å². The highest BCUT2D eigenvalue weighted by atomic mass is 19.1. The monoisotopic (exact) mass is 225 g/mol. The van der Waals surface area contributed by atoms with E-state index in [9.17, 15) is 14.0 Å². The van der Waals surface area contributed by atoms with Crippen molar-refractivity contribution in [1.82, 2.24) is 0 Å². The Morgan fingerprint density at radius 1 is 1.50 bits per heavy atom. The zero-order chi connectivity index (χ0) is 12.1. The molecule has 0 aliphatic heterocycles. The molecular formula is C11H12FNO3. The fraction of sp³-hybridized carbons (Fsp3) is 0.273. The molecule has 0 aliphatic carbocycles. The summed E-state index contributed by atoms with van der Waals surface area (Å²) in [5.41, 5.74) is 1.06. The largest absolute Gasteiger partial charge is 0.479 e. The van der Waals surface area contributed by atoms with Crippen LogP contribution in [0.2, 0.25) is 0 Å². The minimum absolute atomic E-state index is 0.206. The third-order valence-electron chi connectivity index (χ3n) is 1.93. The molecule has 4 nitrogen and oxygen atoms in total. The Hall–Kier alpha value is -1.91. The molecule has 0 saturated heterocycles. The molecular weight excluding hydrogens is 213 g/mol. The van der Waals surface area contributed by atoms with Crippen LogP contribution in [-0.2, 0) is 16.0 Å².